The lowest BCUT2D eigenvalue weighted by Gasteiger charge is -2.10. The topological polar surface area (TPSA) is 32.3 Å². The van der Waals surface area contributed by atoms with E-state index in [2.05, 4.69) is 19.2 Å². The van der Waals surface area contributed by atoms with Gasteiger partial charge in [0.05, 0.1) is 0 Å². The molecular weight excluding hydrogens is 188 g/mol. The molecule has 1 N–H and O–H groups in total. The van der Waals surface area contributed by atoms with E-state index in [9.17, 15) is 4.79 Å². The first-order valence-corrected chi connectivity index (χ1v) is 5.95. The molecular formula is C12H26N2O. The van der Waals surface area contributed by atoms with E-state index in [1.165, 1.54) is 19.3 Å². The van der Waals surface area contributed by atoms with Crippen molar-refractivity contribution >= 4 is 5.91 Å². The monoisotopic (exact) mass is 214 g/mol. The Hall–Kier alpha value is -0.570. The molecule has 0 aromatic rings. The molecule has 0 saturated heterocycles. The summed E-state index contributed by atoms with van der Waals surface area (Å²) in [5.74, 6) is 1.00. The predicted molar refractivity (Wildman–Crippen MR) is 64.9 cm³/mol. The summed E-state index contributed by atoms with van der Waals surface area (Å²) in [6, 6.07) is 0. The van der Waals surface area contributed by atoms with Crippen LogP contribution in [0.25, 0.3) is 0 Å². The molecule has 0 saturated carbocycles. The molecule has 0 aromatic carbocycles. The van der Waals surface area contributed by atoms with Crippen molar-refractivity contribution in [1.82, 2.24) is 10.2 Å². The summed E-state index contributed by atoms with van der Waals surface area (Å²) < 4.78 is 0. The van der Waals surface area contributed by atoms with Gasteiger partial charge in [-0.1, -0.05) is 26.7 Å². The first-order valence-electron chi connectivity index (χ1n) is 5.95. The molecule has 0 bridgehead atoms. The van der Waals surface area contributed by atoms with Gasteiger partial charge in [0.2, 0.25) is 5.91 Å². The van der Waals surface area contributed by atoms with Crippen molar-refractivity contribution in [2.45, 2.75) is 39.5 Å². The molecule has 3 nitrogen and oxygen atoms in total. The second-order valence-electron chi connectivity index (χ2n) is 4.68. The van der Waals surface area contributed by atoms with E-state index in [1.54, 1.807) is 19.0 Å². The maximum atomic E-state index is 11.2. The van der Waals surface area contributed by atoms with Crippen LogP contribution in [0.4, 0.5) is 0 Å². The van der Waals surface area contributed by atoms with Gasteiger partial charge < -0.3 is 10.2 Å². The van der Waals surface area contributed by atoms with Gasteiger partial charge in [0.1, 0.15) is 0 Å². The van der Waals surface area contributed by atoms with Gasteiger partial charge >= 0.3 is 0 Å². The van der Waals surface area contributed by atoms with E-state index in [0.29, 0.717) is 6.42 Å². The minimum atomic E-state index is 0.199. The average Bonchev–Trinajstić information content (AvgIpc) is 2.15. The van der Waals surface area contributed by atoms with Crippen molar-refractivity contribution in [3.63, 3.8) is 0 Å². The van der Waals surface area contributed by atoms with E-state index in [1.807, 2.05) is 0 Å². The zero-order valence-electron chi connectivity index (χ0n) is 10.7. The minimum absolute atomic E-state index is 0.199. The Labute approximate surface area is 94.2 Å². The van der Waals surface area contributed by atoms with Crippen LogP contribution in [0.5, 0.6) is 0 Å². The lowest BCUT2D eigenvalue weighted by molar-refractivity contribution is -0.128. The van der Waals surface area contributed by atoms with Gasteiger partial charge in [0, 0.05) is 27.1 Å². The summed E-state index contributed by atoms with van der Waals surface area (Å²) in [6.45, 7) is 6.35. The molecule has 0 aliphatic rings. The Bertz CT molecular complexity index is 167. The van der Waals surface area contributed by atoms with E-state index in [-0.39, 0.29) is 5.91 Å². The summed E-state index contributed by atoms with van der Waals surface area (Å²) in [4.78, 5) is 12.8. The largest absolute Gasteiger partial charge is 0.349 e. The first-order chi connectivity index (χ1) is 7.04. The van der Waals surface area contributed by atoms with E-state index < -0.39 is 0 Å². The van der Waals surface area contributed by atoms with Crippen LogP contribution in [-0.2, 0) is 4.79 Å². The summed E-state index contributed by atoms with van der Waals surface area (Å²) in [5.41, 5.74) is 0. The Kier molecular flexibility index (Phi) is 8.38. The number of hydrogen-bond acceptors (Lipinski definition) is 2. The lowest BCUT2D eigenvalue weighted by atomic mass is 10.1. The SMILES string of the molecule is CC(C)CCCCNCCC(=O)N(C)C. The van der Waals surface area contributed by atoms with Crippen molar-refractivity contribution in [2.75, 3.05) is 27.2 Å². The fourth-order valence-corrected chi connectivity index (χ4v) is 1.35. The Morgan fingerprint density at radius 2 is 1.87 bits per heavy atom. The molecule has 0 fully saturated rings. The molecule has 3 heteroatoms. The van der Waals surface area contributed by atoms with Gasteiger partial charge in [-0.2, -0.15) is 0 Å². The standard InChI is InChI=1S/C12H26N2O/c1-11(2)7-5-6-9-13-10-8-12(15)14(3)4/h11,13H,5-10H2,1-4H3. The van der Waals surface area contributed by atoms with Crippen molar-refractivity contribution < 1.29 is 4.79 Å². The highest BCUT2D eigenvalue weighted by atomic mass is 16.2. The smallest absolute Gasteiger partial charge is 0.223 e. The number of nitrogens with one attached hydrogen (secondary N) is 1. The predicted octanol–water partition coefficient (Wildman–Crippen LogP) is 1.88. The lowest BCUT2D eigenvalue weighted by Crippen LogP contribution is -2.27. The minimum Gasteiger partial charge on any atom is -0.349 e. The molecule has 0 spiro atoms. The summed E-state index contributed by atoms with van der Waals surface area (Å²) >= 11 is 0. The average molecular weight is 214 g/mol. The molecule has 15 heavy (non-hydrogen) atoms. The fraction of sp³-hybridized carbons (Fsp3) is 0.917. The summed E-state index contributed by atoms with van der Waals surface area (Å²) in [6.07, 6.45) is 4.41. The van der Waals surface area contributed by atoms with E-state index in [4.69, 9.17) is 0 Å². The Morgan fingerprint density at radius 3 is 2.40 bits per heavy atom. The van der Waals surface area contributed by atoms with E-state index in [0.717, 1.165) is 19.0 Å². The van der Waals surface area contributed by atoms with Gasteiger partial charge in [-0.25, -0.2) is 0 Å². The number of rotatable bonds is 8. The van der Waals surface area contributed by atoms with Crippen LogP contribution in [0.3, 0.4) is 0 Å². The van der Waals surface area contributed by atoms with Gasteiger partial charge in [0.25, 0.3) is 0 Å². The number of amides is 1. The van der Waals surface area contributed by atoms with Crippen LogP contribution in [0, 0.1) is 5.92 Å². The summed E-state index contributed by atoms with van der Waals surface area (Å²) in [5, 5.41) is 3.30. The molecule has 0 radical (unpaired) electrons. The van der Waals surface area contributed by atoms with Gasteiger partial charge in [-0.3, -0.25) is 4.79 Å². The van der Waals surface area contributed by atoms with Crippen LogP contribution in [0.15, 0.2) is 0 Å². The number of carbonyl (C=O) groups is 1. The molecule has 1 amide bonds. The van der Waals surface area contributed by atoms with Gasteiger partial charge in [0.15, 0.2) is 0 Å². The molecule has 0 unspecified atom stereocenters. The maximum Gasteiger partial charge on any atom is 0.223 e. The second kappa shape index (κ2) is 8.72. The molecule has 0 heterocycles. The molecule has 0 atom stereocenters. The molecule has 0 aliphatic carbocycles. The second-order valence-corrected chi connectivity index (χ2v) is 4.68. The van der Waals surface area contributed by atoms with Gasteiger partial charge in [-0.15, -0.1) is 0 Å². The van der Waals surface area contributed by atoms with Crippen LogP contribution in [0.1, 0.15) is 39.5 Å². The molecule has 90 valence electrons. The van der Waals surface area contributed by atoms with Crippen molar-refractivity contribution in [3.05, 3.63) is 0 Å². The fourth-order valence-electron chi connectivity index (χ4n) is 1.35. The van der Waals surface area contributed by atoms with E-state index >= 15 is 0 Å². The molecule has 0 aliphatic heterocycles. The summed E-state index contributed by atoms with van der Waals surface area (Å²) in [7, 11) is 3.59. The first kappa shape index (κ1) is 14.4. The highest BCUT2D eigenvalue weighted by molar-refractivity contribution is 5.75. The number of nitrogens with zero attached hydrogens (tertiary/aromatic N) is 1. The Balaban J connectivity index is 3.15. The van der Waals surface area contributed by atoms with Gasteiger partial charge in [-0.05, 0) is 18.9 Å². The molecule has 0 rings (SSSR count). The number of hydrogen-bond donors (Lipinski definition) is 1. The van der Waals surface area contributed by atoms with Crippen molar-refractivity contribution in [2.24, 2.45) is 5.92 Å². The van der Waals surface area contributed by atoms with Crippen LogP contribution < -0.4 is 5.32 Å². The zero-order chi connectivity index (χ0) is 11.7. The quantitative estimate of drug-likeness (QED) is 0.626. The zero-order valence-corrected chi connectivity index (χ0v) is 10.7. The highest BCUT2D eigenvalue weighted by Crippen LogP contribution is 2.04. The Morgan fingerprint density at radius 1 is 1.20 bits per heavy atom. The van der Waals surface area contributed by atoms with Crippen LogP contribution >= 0.6 is 0 Å². The van der Waals surface area contributed by atoms with Crippen molar-refractivity contribution in [1.29, 1.82) is 0 Å². The number of unbranched alkanes of at least 4 members (excludes halogenated alkanes) is 1. The molecule has 0 aromatic heterocycles. The number of carbonyl (C=O) groups excluding carboxylic acids is 1. The third-order valence-corrected chi connectivity index (χ3v) is 2.40. The van der Waals surface area contributed by atoms with Crippen molar-refractivity contribution in [3.8, 4) is 0 Å². The third-order valence-electron chi connectivity index (χ3n) is 2.40. The normalized spacial score (nSPS) is 10.7. The maximum absolute atomic E-state index is 11.2. The van der Waals surface area contributed by atoms with Crippen LogP contribution in [-0.4, -0.2) is 38.0 Å². The highest BCUT2D eigenvalue weighted by Gasteiger charge is 2.01. The third kappa shape index (κ3) is 9.73. The van der Waals surface area contributed by atoms with Crippen LogP contribution in [0.2, 0.25) is 0 Å².